The lowest BCUT2D eigenvalue weighted by atomic mass is 9.94. The molecule has 0 amide bonds. The van der Waals surface area contributed by atoms with Gasteiger partial charge in [-0.05, 0) is 38.8 Å². The number of nitrogens with one attached hydrogen (secondary N) is 1. The predicted octanol–water partition coefficient (Wildman–Crippen LogP) is 2.34. The van der Waals surface area contributed by atoms with Crippen molar-refractivity contribution in [2.75, 3.05) is 13.1 Å². The Kier molecular flexibility index (Phi) is 3.41. The standard InChI is InChI=1S/C12H21N3/c1-3-11-4-6-15(7-5-11)9-12-8-13-14-10(12)2/h8,11H,3-7,9H2,1-2H3,(H,13,14). The van der Waals surface area contributed by atoms with Crippen LogP contribution in [0.4, 0.5) is 0 Å². The van der Waals surface area contributed by atoms with Gasteiger partial charge < -0.3 is 0 Å². The first kappa shape index (κ1) is 10.7. The lowest BCUT2D eigenvalue weighted by molar-refractivity contribution is 0.175. The van der Waals surface area contributed by atoms with Crippen LogP contribution in [0.2, 0.25) is 0 Å². The highest BCUT2D eigenvalue weighted by Crippen LogP contribution is 2.21. The molecule has 0 saturated carbocycles. The maximum absolute atomic E-state index is 4.07. The van der Waals surface area contributed by atoms with Crippen LogP contribution in [0.1, 0.15) is 37.4 Å². The fourth-order valence-electron chi connectivity index (χ4n) is 2.33. The summed E-state index contributed by atoms with van der Waals surface area (Å²) in [4.78, 5) is 2.55. The molecule has 3 heteroatoms. The molecule has 1 N–H and O–H groups in total. The van der Waals surface area contributed by atoms with E-state index in [0.29, 0.717) is 0 Å². The van der Waals surface area contributed by atoms with Crippen molar-refractivity contribution in [1.82, 2.24) is 15.1 Å². The number of aryl methyl sites for hydroxylation is 1. The summed E-state index contributed by atoms with van der Waals surface area (Å²) in [6, 6.07) is 0. The highest BCUT2D eigenvalue weighted by Gasteiger charge is 2.18. The molecule has 0 aromatic carbocycles. The number of aromatic amines is 1. The van der Waals surface area contributed by atoms with E-state index in [1.54, 1.807) is 0 Å². The maximum atomic E-state index is 4.07. The molecule has 0 bridgehead atoms. The summed E-state index contributed by atoms with van der Waals surface area (Å²) in [5.41, 5.74) is 2.57. The summed E-state index contributed by atoms with van der Waals surface area (Å²) < 4.78 is 0. The number of piperidine rings is 1. The molecule has 1 aliphatic heterocycles. The van der Waals surface area contributed by atoms with E-state index < -0.39 is 0 Å². The van der Waals surface area contributed by atoms with Gasteiger partial charge in [0.05, 0.1) is 6.20 Å². The van der Waals surface area contributed by atoms with Crippen molar-refractivity contribution < 1.29 is 0 Å². The Morgan fingerprint density at radius 2 is 2.20 bits per heavy atom. The summed E-state index contributed by atoms with van der Waals surface area (Å²) in [6.45, 7) is 7.98. The average molecular weight is 207 g/mol. The predicted molar refractivity (Wildman–Crippen MR) is 61.6 cm³/mol. The van der Waals surface area contributed by atoms with Crippen molar-refractivity contribution in [3.8, 4) is 0 Å². The molecule has 0 aliphatic carbocycles. The van der Waals surface area contributed by atoms with E-state index in [1.165, 1.54) is 43.6 Å². The minimum atomic E-state index is 0.965. The first-order chi connectivity index (χ1) is 7.29. The molecular weight excluding hydrogens is 186 g/mol. The molecule has 1 saturated heterocycles. The van der Waals surface area contributed by atoms with Crippen molar-refractivity contribution in [3.63, 3.8) is 0 Å². The van der Waals surface area contributed by atoms with Crippen molar-refractivity contribution in [2.24, 2.45) is 5.92 Å². The van der Waals surface area contributed by atoms with Crippen molar-refractivity contribution in [2.45, 2.75) is 39.7 Å². The zero-order valence-electron chi connectivity index (χ0n) is 9.79. The Morgan fingerprint density at radius 3 is 2.73 bits per heavy atom. The maximum Gasteiger partial charge on any atom is 0.0535 e. The Bertz CT molecular complexity index is 298. The average Bonchev–Trinajstić information content (AvgIpc) is 2.66. The second-order valence-electron chi connectivity index (χ2n) is 4.65. The Labute approximate surface area is 91.9 Å². The number of H-pyrrole nitrogens is 1. The van der Waals surface area contributed by atoms with Gasteiger partial charge in [-0.3, -0.25) is 10.00 Å². The lowest BCUT2D eigenvalue weighted by Gasteiger charge is -2.31. The van der Waals surface area contributed by atoms with E-state index >= 15 is 0 Å². The quantitative estimate of drug-likeness (QED) is 0.825. The van der Waals surface area contributed by atoms with Crippen molar-refractivity contribution in [3.05, 3.63) is 17.5 Å². The van der Waals surface area contributed by atoms with Crippen LogP contribution in [-0.2, 0) is 6.54 Å². The van der Waals surface area contributed by atoms with E-state index in [0.717, 1.165) is 12.5 Å². The number of aromatic nitrogens is 2. The van der Waals surface area contributed by atoms with Crippen LogP contribution in [0, 0.1) is 12.8 Å². The molecule has 1 aromatic rings. The van der Waals surface area contributed by atoms with Crippen LogP contribution in [-0.4, -0.2) is 28.2 Å². The van der Waals surface area contributed by atoms with Gasteiger partial charge in [0.25, 0.3) is 0 Å². The van der Waals surface area contributed by atoms with E-state index in [1.807, 2.05) is 6.20 Å². The number of likely N-dealkylation sites (tertiary alicyclic amines) is 1. The Balaban J connectivity index is 1.85. The summed E-state index contributed by atoms with van der Waals surface area (Å²) in [5.74, 6) is 0.965. The smallest absolute Gasteiger partial charge is 0.0535 e. The number of nitrogens with zero attached hydrogens (tertiary/aromatic N) is 2. The third kappa shape index (κ3) is 2.59. The highest BCUT2D eigenvalue weighted by molar-refractivity contribution is 5.14. The Hall–Kier alpha value is -0.830. The van der Waals surface area contributed by atoms with Gasteiger partial charge in [-0.25, -0.2) is 0 Å². The lowest BCUT2D eigenvalue weighted by Crippen LogP contribution is -2.33. The molecule has 1 fully saturated rings. The molecule has 3 nitrogen and oxygen atoms in total. The van der Waals surface area contributed by atoms with Gasteiger partial charge in [-0.15, -0.1) is 0 Å². The highest BCUT2D eigenvalue weighted by atomic mass is 15.1. The molecule has 0 unspecified atom stereocenters. The van der Waals surface area contributed by atoms with E-state index in [4.69, 9.17) is 0 Å². The minimum absolute atomic E-state index is 0.965. The topological polar surface area (TPSA) is 31.9 Å². The monoisotopic (exact) mass is 207 g/mol. The van der Waals surface area contributed by atoms with Crippen LogP contribution >= 0.6 is 0 Å². The van der Waals surface area contributed by atoms with Gasteiger partial charge in [0.2, 0.25) is 0 Å². The van der Waals surface area contributed by atoms with Gasteiger partial charge in [-0.2, -0.15) is 5.10 Å². The van der Waals surface area contributed by atoms with Crippen molar-refractivity contribution >= 4 is 0 Å². The third-order valence-electron chi connectivity index (χ3n) is 3.61. The fourth-order valence-corrected chi connectivity index (χ4v) is 2.33. The molecule has 0 radical (unpaired) electrons. The van der Waals surface area contributed by atoms with Crippen LogP contribution in [0.3, 0.4) is 0 Å². The molecule has 1 aromatic heterocycles. The summed E-state index contributed by atoms with van der Waals surface area (Å²) in [6.07, 6.45) is 6.04. The number of hydrogen-bond donors (Lipinski definition) is 1. The largest absolute Gasteiger partial charge is 0.299 e. The van der Waals surface area contributed by atoms with Gasteiger partial charge in [0.1, 0.15) is 0 Å². The molecule has 2 rings (SSSR count). The molecule has 84 valence electrons. The summed E-state index contributed by atoms with van der Waals surface area (Å²) >= 11 is 0. The summed E-state index contributed by atoms with van der Waals surface area (Å²) in [5, 5.41) is 7.07. The first-order valence-corrected chi connectivity index (χ1v) is 6.00. The first-order valence-electron chi connectivity index (χ1n) is 6.00. The fraction of sp³-hybridized carbons (Fsp3) is 0.750. The SMILES string of the molecule is CCC1CCN(Cc2cn[nH]c2C)CC1. The van der Waals surface area contributed by atoms with E-state index in [2.05, 4.69) is 28.9 Å². The van der Waals surface area contributed by atoms with E-state index in [-0.39, 0.29) is 0 Å². The molecule has 0 atom stereocenters. The number of hydrogen-bond acceptors (Lipinski definition) is 2. The van der Waals surface area contributed by atoms with Gasteiger partial charge in [0.15, 0.2) is 0 Å². The van der Waals surface area contributed by atoms with E-state index in [9.17, 15) is 0 Å². The number of rotatable bonds is 3. The van der Waals surface area contributed by atoms with Gasteiger partial charge >= 0.3 is 0 Å². The van der Waals surface area contributed by atoms with Crippen LogP contribution in [0.15, 0.2) is 6.20 Å². The zero-order chi connectivity index (χ0) is 10.7. The van der Waals surface area contributed by atoms with Crippen LogP contribution in [0.25, 0.3) is 0 Å². The minimum Gasteiger partial charge on any atom is -0.299 e. The second kappa shape index (κ2) is 4.79. The second-order valence-corrected chi connectivity index (χ2v) is 4.65. The molecule has 2 heterocycles. The summed E-state index contributed by atoms with van der Waals surface area (Å²) in [7, 11) is 0. The van der Waals surface area contributed by atoms with Crippen molar-refractivity contribution in [1.29, 1.82) is 0 Å². The van der Waals surface area contributed by atoms with Gasteiger partial charge in [-0.1, -0.05) is 13.3 Å². The molecular formula is C12H21N3. The zero-order valence-corrected chi connectivity index (χ0v) is 9.79. The Morgan fingerprint density at radius 1 is 1.47 bits per heavy atom. The molecule has 1 aliphatic rings. The normalized spacial score (nSPS) is 19.6. The molecule has 0 spiro atoms. The van der Waals surface area contributed by atoms with Crippen LogP contribution in [0.5, 0.6) is 0 Å². The molecule has 15 heavy (non-hydrogen) atoms. The third-order valence-corrected chi connectivity index (χ3v) is 3.61. The van der Waals surface area contributed by atoms with Gasteiger partial charge in [0, 0.05) is 17.8 Å². The van der Waals surface area contributed by atoms with Crippen LogP contribution < -0.4 is 0 Å².